The highest BCUT2D eigenvalue weighted by Crippen LogP contribution is 2.29. The summed E-state index contributed by atoms with van der Waals surface area (Å²) in [4.78, 5) is 26.6. The molecule has 2 atom stereocenters. The number of fused-ring (bicyclic) bond motifs is 2. The van der Waals surface area contributed by atoms with Gasteiger partial charge in [0.1, 0.15) is 5.52 Å². The number of likely N-dealkylation sites (tertiary alicyclic amines) is 1. The molecule has 2 aromatic heterocycles. The molecule has 0 aliphatic carbocycles. The maximum atomic E-state index is 13.3. The molecule has 10 nitrogen and oxygen atoms in total. The summed E-state index contributed by atoms with van der Waals surface area (Å²) < 4.78 is 0. The van der Waals surface area contributed by atoms with Crippen LogP contribution in [0.2, 0.25) is 0 Å². The van der Waals surface area contributed by atoms with Crippen molar-refractivity contribution in [2.45, 2.75) is 45.5 Å². The van der Waals surface area contributed by atoms with Gasteiger partial charge in [-0.1, -0.05) is 11.3 Å². The van der Waals surface area contributed by atoms with Crippen molar-refractivity contribution in [2.24, 2.45) is 0 Å². The summed E-state index contributed by atoms with van der Waals surface area (Å²) in [6.07, 6.45) is 1.88. The monoisotopic (exact) mass is 484 g/mol. The van der Waals surface area contributed by atoms with Gasteiger partial charge in [-0.15, -0.1) is 5.10 Å². The number of benzene rings is 2. The number of nitrogens with zero attached hydrogens (tertiary/aromatic N) is 6. The van der Waals surface area contributed by atoms with Crippen LogP contribution >= 0.6 is 0 Å². The van der Waals surface area contributed by atoms with Crippen molar-refractivity contribution >= 4 is 28.6 Å². The first-order valence-corrected chi connectivity index (χ1v) is 12.2. The van der Waals surface area contributed by atoms with Gasteiger partial charge < -0.3 is 15.3 Å². The highest BCUT2D eigenvalue weighted by atomic mass is 16.3. The van der Waals surface area contributed by atoms with Gasteiger partial charge in [0.25, 0.3) is 5.91 Å². The average Bonchev–Trinajstić information content (AvgIpc) is 3.49. The molecule has 1 amide bonds. The Bertz CT molecular complexity index is 1430. The number of aliphatic hydroxyl groups is 1. The highest BCUT2D eigenvalue weighted by molar-refractivity contribution is 5.97. The van der Waals surface area contributed by atoms with Gasteiger partial charge in [-0.05, 0) is 61.7 Å². The molecule has 36 heavy (non-hydrogen) atoms. The van der Waals surface area contributed by atoms with Crippen LogP contribution in [0.5, 0.6) is 0 Å². The van der Waals surface area contributed by atoms with E-state index in [2.05, 4.69) is 62.7 Å². The molecule has 1 fully saturated rings. The van der Waals surface area contributed by atoms with Crippen LogP contribution in [-0.4, -0.2) is 71.4 Å². The number of hydrogen-bond acceptors (Lipinski definition) is 8. The molecular weight excluding hydrogens is 456 g/mol. The largest absolute Gasteiger partial charge is 0.391 e. The lowest BCUT2D eigenvalue weighted by Gasteiger charge is -2.40. The van der Waals surface area contributed by atoms with Crippen molar-refractivity contribution in [2.75, 3.05) is 18.4 Å². The van der Waals surface area contributed by atoms with E-state index >= 15 is 0 Å². The third kappa shape index (κ3) is 4.29. The lowest BCUT2D eigenvalue weighted by molar-refractivity contribution is -0.00960. The molecule has 1 saturated heterocycles. The molecule has 0 bridgehead atoms. The van der Waals surface area contributed by atoms with Gasteiger partial charge in [0.15, 0.2) is 0 Å². The molecule has 10 heteroatoms. The fourth-order valence-corrected chi connectivity index (χ4v) is 5.27. The molecule has 2 aliphatic rings. The zero-order valence-corrected chi connectivity index (χ0v) is 20.3. The quantitative estimate of drug-likeness (QED) is 0.404. The van der Waals surface area contributed by atoms with E-state index in [1.165, 1.54) is 11.1 Å². The number of hydrogen-bond donors (Lipinski definition) is 3. The Morgan fingerprint density at radius 3 is 2.81 bits per heavy atom. The van der Waals surface area contributed by atoms with E-state index in [-0.39, 0.29) is 11.9 Å². The number of nitrogens with one attached hydrogen (secondary N) is 2. The molecule has 0 radical (unpaired) electrons. The van der Waals surface area contributed by atoms with Crippen LogP contribution < -0.4 is 5.32 Å². The predicted octanol–water partition coefficient (Wildman–Crippen LogP) is 2.70. The number of piperidine rings is 1. The van der Waals surface area contributed by atoms with Crippen LogP contribution in [0.4, 0.5) is 11.6 Å². The maximum Gasteiger partial charge on any atom is 0.253 e. The highest BCUT2D eigenvalue weighted by Gasteiger charge is 2.37. The summed E-state index contributed by atoms with van der Waals surface area (Å²) in [5, 5.41) is 24.8. The van der Waals surface area contributed by atoms with Crippen LogP contribution in [0.15, 0.2) is 42.6 Å². The SMILES string of the molecule is Cc1cc(C)cc(Nc2ncc3c(n2)CN(C2CN(C(=O)c4ccc5[nH]nnc5c4)CCC2O)C3)c1. The molecular formula is C26H28N8O2. The minimum atomic E-state index is -0.512. The van der Waals surface area contributed by atoms with E-state index in [1.54, 1.807) is 12.1 Å². The second-order valence-corrected chi connectivity index (χ2v) is 9.79. The van der Waals surface area contributed by atoms with E-state index in [0.717, 1.165) is 22.5 Å². The van der Waals surface area contributed by atoms with E-state index in [9.17, 15) is 9.90 Å². The minimum absolute atomic E-state index is 0.0618. The molecule has 184 valence electrons. The third-order valence-electron chi connectivity index (χ3n) is 7.03. The first kappa shape index (κ1) is 22.6. The van der Waals surface area contributed by atoms with Crippen LogP contribution in [-0.2, 0) is 13.1 Å². The van der Waals surface area contributed by atoms with Gasteiger partial charge in [-0.2, -0.15) is 0 Å². The molecule has 2 aliphatic heterocycles. The molecule has 0 spiro atoms. The molecule has 4 aromatic rings. The molecule has 2 unspecified atom stereocenters. The van der Waals surface area contributed by atoms with Crippen LogP contribution in [0.1, 0.15) is 39.2 Å². The Morgan fingerprint density at radius 2 is 1.97 bits per heavy atom. The van der Waals surface area contributed by atoms with Crippen molar-refractivity contribution in [3.05, 3.63) is 70.5 Å². The van der Waals surface area contributed by atoms with Gasteiger partial charge in [0.2, 0.25) is 5.95 Å². The van der Waals surface area contributed by atoms with Crippen LogP contribution in [0.3, 0.4) is 0 Å². The summed E-state index contributed by atoms with van der Waals surface area (Å²) in [5.74, 6) is 0.498. The van der Waals surface area contributed by atoms with Gasteiger partial charge in [-0.25, -0.2) is 9.97 Å². The minimum Gasteiger partial charge on any atom is -0.391 e. The first-order chi connectivity index (χ1) is 17.4. The van der Waals surface area contributed by atoms with Crippen molar-refractivity contribution in [3.8, 4) is 0 Å². The number of carbonyl (C=O) groups is 1. The Balaban J connectivity index is 1.16. The second-order valence-electron chi connectivity index (χ2n) is 9.79. The second kappa shape index (κ2) is 8.96. The summed E-state index contributed by atoms with van der Waals surface area (Å²) in [6.45, 7) is 6.34. The number of amides is 1. The number of carbonyl (C=O) groups excluding carboxylic acids is 1. The summed E-state index contributed by atoms with van der Waals surface area (Å²) in [5.41, 5.74) is 7.34. The number of aryl methyl sites for hydroxylation is 2. The van der Waals surface area contributed by atoms with Crippen molar-refractivity contribution < 1.29 is 9.90 Å². The fraction of sp³-hybridized carbons (Fsp3) is 0.346. The van der Waals surface area contributed by atoms with E-state index in [1.807, 2.05) is 17.2 Å². The molecule has 4 heterocycles. The molecule has 2 aromatic carbocycles. The zero-order valence-electron chi connectivity index (χ0n) is 20.3. The summed E-state index contributed by atoms with van der Waals surface area (Å²) in [6, 6.07) is 11.5. The molecule has 3 N–H and O–H groups in total. The average molecular weight is 485 g/mol. The van der Waals surface area contributed by atoms with E-state index in [4.69, 9.17) is 4.98 Å². The van der Waals surface area contributed by atoms with E-state index < -0.39 is 6.10 Å². The Hall–Kier alpha value is -3.89. The van der Waals surface area contributed by atoms with Crippen molar-refractivity contribution in [3.63, 3.8) is 0 Å². The lowest BCUT2D eigenvalue weighted by atomic mass is 9.99. The van der Waals surface area contributed by atoms with Gasteiger partial charge >= 0.3 is 0 Å². The first-order valence-electron chi connectivity index (χ1n) is 12.2. The normalized spacial score (nSPS) is 20.0. The molecule has 0 saturated carbocycles. The summed E-state index contributed by atoms with van der Waals surface area (Å²) >= 11 is 0. The number of rotatable bonds is 4. The topological polar surface area (TPSA) is 123 Å². The lowest BCUT2D eigenvalue weighted by Crippen LogP contribution is -2.55. The summed E-state index contributed by atoms with van der Waals surface area (Å²) in [7, 11) is 0. The number of anilines is 2. The zero-order chi connectivity index (χ0) is 24.8. The van der Waals surface area contributed by atoms with E-state index in [0.29, 0.717) is 49.6 Å². The van der Waals surface area contributed by atoms with Gasteiger partial charge in [-0.3, -0.25) is 14.8 Å². The van der Waals surface area contributed by atoms with Crippen LogP contribution in [0.25, 0.3) is 11.0 Å². The van der Waals surface area contributed by atoms with Gasteiger partial charge in [0.05, 0.1) is 23.4 Å². The van der Waals surface area contributed by atoms with Crippen LogP contribution in [0, 0.1) is 13.8 Å². The van der Waals surface area contributed by atoms with Gasteiger partial charge in [0, 0.05) is 49.2 Å². The van der Waals surface area contributed by atoms with Crippen molar-refractivity contribution in [1.82, 2.24) is 35.2 Å². The third-order valence-corrected chi connectivity index (χ3v) is 7.03. The Morgan fingerprint density at radius 1 is 1.14 bits per heavy atom. The fourth-order valence-electron chi connectivity index (χ4n) is 5.27. The number of H-pyrrole nitrogens is 1. The Kier molecular flexibility index (Phi) is 5.62. The Labute approximate surface area is 208 Å². The standard InChI is InChI=1S/C26H28N8O2/c1-15-7-16(2)9-19(8-15)28-26-27-11-18-12-34(13-22(18)29-26)23-14-33(6-5-24(23)35)25(36)17-3-4-20-21(10-17)31-32-30-20/h3-4,7-11,23-24,35H,5-6,12-14H2,1-2H3,(H,27,28,29)(H,30,31,32). The number of aromatic nitrogens is 5. The molecule has 6 rings (SSSR count). The number of aliphatic hydroxyl groups excluding tert-OH is 1. The maximum absolute atomic E-state index is 13.3. The smallest absolute Gasteiger partial charge is 0.253 e. The number of aromatic amines is 1. The predicted molar refractivity (Wildman–Crippen MR) is 135 cm³/mol. The van der Waals surface area contributed by atoms with Crippen molar-refractivity contribution in [1.29, 1.82) is 0 Å².